The highest BCUT2D eigenvalue weighted by Crippen LogP contribution is 2.32. The van der Waals surface area contributed by atoms with Crippen molar-refractivity contribution in [3.8, 4) is 6.07 Å². The summed E-state index contributed by atoms with van der Waals surface area (Å²) in [5, 5.41) is 10.1. The minimum Gasteiger partial charge on any atom is -0.326 e. The maximum atomic E-state index is 9.12. The third kappa shape index (κ3) is 3.17. The summed E-state index contributed by atoms with van der Waals surface area (Å²) in [6.45, 7) is 6.86. The molecule has 3 nitrogen and oxygen atoms in total. The fraction of sp³-hybridized carbons (Fsp3) is 0.500. The molecule has 1 aromatic carbocycles. The Bertz CT molecular complexity index is 681. The van der Waals surface area contributed by atoms with Gasteiger partial charge in [0.05, 0.1) is 33.1 Å². The van der Waals surface area contributed by atoms with Crippen molar-refractivity contribution in [1.29, 1.82) is 5.26 Å². The summed E-state index contributed by atoms with van der Waals surface area (Å²) in [5.41, 5.74) is 1.80. The number of aromatic nitrogens is 2. The van der Waals surface area contributed by atoms with Gasteiger partial charge in [0.1, 0.15) is 5.82 Å². The molecule has 0 aliphatic heterocycles. The number of rotatable bonds is 5. The van der Waals surface area contributed by atoms with Gasteiger partial charge in [0.15, 0.2) is 0 Å². The van der Waals surface area contributed by atoms with Crippen LogP contribution in [-0.4, -0.2) is 9.55 Å². The topological polar surface area (TPSA) is 41.6 Å². The molecule has 0 spiro atoms. The zero-order valence-corrected chi connectivity index (χ0v) is 14.0. The van der Waals surface area contributed by atoms with E-state index in [0.717, 1.165) is 29.7 Å². The van der Waals surface area contributed by atoms with E-state index in [-0.39, 0.29) is 5.92 Å². The minimum absolute atomic E-state index is 0.0787. The highest BCUT2D eigenvalue weighted by Gasteiger charge is 2.20. The van der Waals surface area contributed by atoms with E-state index in [9.17, 15) is 0 Å². The average Bonchev–Trinajstić information content (AvgIpc) is 2.79. The molecule has 2 rings (SSSR count). The molecule has 0 N–H and O–H groups in total. The highest BCUT2D eigenvalue weighted by atomic mass is 35.5. The first-order valence-electron chi connectivity index (χ1n) is 7.26. The summed E-state index contributed by atoms with van der Waals surface area (Å²) in [6, 6.07) is 5.94. The molecular weight excluding hydrogens is 305 g/mol. The van der Waals surface area contributed by atoms with Crippen LogP contribution in [0.4, 0.5) is 0 Å². The Balaban J connectivity index is 2.65. The van der Waals surface area contributed by atoms with Crippen LogP contribution < -0.4 is 0 Å². The standard InChI is InChI=1S/C16H19Cl2N3/c1-4-11(5-2)16-20-14-6-12(17)13(18)7-15(14)21(16)9-10(3)8-19/h6-7,10-11H,4-5,9H2,1-3H3. The molecule has 21 heavy (non-hydrogen) atoms. The summed E-state index contributed by atoms with van der Waals surface area (Å²) in [5.74, 6) is 1.32. The number of benzene rings is 1. The smallest absolute Gasteiger partial charge is 0.113 e. The average molecular weight is 324 g/mol. The van der Waals surface area contributed by atoms with E-state index < -0.39 is 0 Å². The Morgan fingerprint density at radius 1 is 1.24 bits per heavy atom. The third-order valence-electron chi connectivity index (χ3n) is 3.85. The van der Waals surface area contributed by atoms with E-state index in [2.05, 4.69) is 24.5 Å². The van der Waals surface area contributed by atoms with Gasteiger partial charge in [-0.15, -0.1) is 0 Å². The van der Waals surface area contributed by atoms with E-state index in [1.165, 1.54) is 0 Å². The van der Waals surface area contributed by atoms with Gasteiger partial charge in [0.25, 0.3) is 0 Å². The molecule has 1 aromatic heterocycles. The monoisotopic (exact) mass is 323 g/mol. The van der Waals surface area contributed by atoms with Crippen LogP contribution in [0.2, 0.25) is 10.0 Å². The lowest BCUT2D eigenvalue weighted by Gasteiger charge is -2.16. The Labute approximate surface area is 135 Å². The molecule has 2 aromatic rings. The van der Waals surface area contributed by atoms with Crippen LogP contribution in [0.25, 0.3) is 11.0 Å². The van der Waals surface area contributed by atoms with Crippen molar-refractivity contribution < 1.29 is 0 Å². The molecule has 0 saturated heterocycles. The molecule has 0 aliphatic rings. The van der Waals surface area contributed by atoms with Gasteiger partial charge in [-0.25, -0.2) is 4.98 Å². The molecule has 0 amide bonds. The van der Waals surface area contributed by atoms with Gasteiger partial charge in [-0.05, 0) is 31.9 Å². The van der Waals surface area contributed by atoms with Gasteiger partial charge >= 0.3 is 0 Å². The second kappa shape index (κ2) is 6.68. The van der Waals surface area contributed by atoms with Crippen LogP contribution >= 0.6 is 23.2 Å². The lowest BCUT2D eigenvalue weighted by Crippen LogP contribution is -2.12. The first-order chi connectivity index (χ1) is 10.0. The Hall–Kier alpha value is -1.24. The maximum Gasteiger partial charge on any atom is 0.113 e. The number of nitriles is 1. The van der Waals surface area contributed by atoms with Crippen molar-refractivity contribution in [2.75, 3.05) is 0 Å². The quantitative estimate of drug-likeness (QED) is 0.738. The van der Waals surface area contributed by atoms with Gasteiger partial charge in [0.2, 0.25) is 0 Å². The molecule has 0 fully saturated rings. The van der Waals surface area contributed by atoms with Gasteiger partial charge in [-0.1, -0.05) is 37.0 Å². The summed E-state index contributed by atoms with van der Waals surface area (Å²) in [7, 11) is 0. The second-order valence-electron chi connectivity index (χ2n) is 5.38. The Morgan fingerprint density at radius 2 is 1.86 bits per heavy atom. The predicted octanol–water partition coefficient (Wildman–Crippen LogP) is 5.41. The fourth-order valence-corrected chi connectivity index (χ4v) is 2.93. The van der Waals surface area contributed by atoms with Crippen molar-refractivity contribution in [1.82, 2.24) is 9.55 Å². The van der Waals surface area contributed by atoms with E-state index in [0.29, 0.717) is 22.5 Å². The van der Waals surface area contributed by atoms with Crippen LogP contribution in [0.5, 0.6) is 0 Å². The molecule has 112 valence electrons. The van der Waals surface area contributed by atoms with Crippen LogP contribution in [0.3, 0.4) is 0 Å². The van der Waals surface area contributed by atoms with Crippen LogP contribution in [-0.2, 0) is 6.54 Å². The molecule has 5 heteroatoms. The molecule has 1 atom stereocenters. The first-order valence-corrected chi connectivity index (χ1v) is 8.02. The summed E-state index contributed by atoms with van der Waals surface area (Å²) < 4.78 is 2.13. The molecule has 0 saturated carbocycles. The molecule has 0 radical (unpaired) electrons. The Morgan fingerprint density at radius 3 is 2.43 bits per heavy atom. The number of nitrogens with zero attached hydrogens (tertiary/aromatic N) is 3. The number of hydrogen-bond acceptors (Lipinski definition) is 2. The second-order valence-corrected chi connectivity index (χ2v) is 6.19. The van der Waals surface area contributed by atoms with Crippen molar-refractivity contribution in [2.45, 2.75) is 46.1 Å². The highest BCUT2D eigenvalue weighted by molar-refractivity contribution is 6.42. The molecule has 0 aliphatic carbocycles. The van der Waals surface area contributed by atoms with E-state index in [1.807, 2.05) is 13.0 Å². The molecule has 1 heterocycles. The largest absolute Gasteiger partial charge is 0.326 e. The molecule has 0 bridgehead atoms. The normalized spacial score (nSPS) is 12.8. The van der Waals surface area contributed by atoms with Crippen molar-refractivity contribution in [3.05, 3.63) is 28.0 Å². The maximum absolute atomic E-state index is 9.12. The van der Waals surface area contributed by atoms with E-state index >= 15 is 0 Å². The van der Waals surface area contributed by atoms with Crippen LogP contribution in [0, 0.1) is 17.2 Å². The zero-order valence-electron chi connectivity index (χ0n) is 12.5. The lowest BCUT2D eigenvalue weighted by molar-refractivity contribution is 0.516. The summed E-state index contributed by atoms with van der Waals surface area (Å²) in [6.07, 6.45) is 2.03. The number of imidazole rings is 1. The SMILES string of the molecule is CCC(CC)c1nc2cc(Cl)c(Cl)cc2n1CC(C)C#N. The zero-order chi connectivity index (χ0) is 15.6. The van der Waals surface area contributed by atoms with E-state index in [4.69, 9.17) is 33.4 Å². The molecular formula is C16H19Cl2N3. The molecule has 1 unspecified atom stereocenters. The van der Waals surface area contributed by atoms with E-state index in [1.54, 1.807) is 6.07 Å². The van der Waals surface area contributed by atoms with Gasteiger partial charge in [-0.2, -0.15) is 5.26 Å². The van der Waals surface area contributed by atoms with Gasteiger partial charge in [-0.3, -0.25) is 0 Å². The predicted molar refractivity (Wildman–Crippen MR) is 87.9 cm³/mol. The Kier molecular flexibility index (Phi) is 5.13. The van der Waals surface area contributed by atoms with Crippen molar-refractivity contribution in [3.63, 3.8) is 0 Å². The minimum atomic E-state index is -0.0787. The fourth-order valence-electron chi connectivity index (χ4n) is 2.61. The first kappa shape index (κ1) is 16.1. The number of halogens is 2. The van der Waals surface area contributed by atoms with Gasteiger partial charge in [0, 0.05) is 12.5 Å². The summed E-state index contributed by atoms with van der Waals surface area (Å²) in [4.78, 5) is 4.75. The van der Waals surface area contributed by atoms with Crippen molar-refractivity contribution in [2.24, 2.45) is 5.92 Å². The third-order valence-corrected chi connectivity index (χ3v) is 4.57. The number of hydrogen-bond donors (Lipinski definition) is 0. The summed E-state index contributed by atoms with van der Waals surface area (Å²) >= 11 is 12.2. The number of fused-ring (bicyclic) bond motifs is 1. The van der Waals surface area contributed by atoms with Crippen LogP contribution in [0.1, 0.15) is 45.4 Å². The van der Waals surface area contributed by atoms with Crippen LogP contribution in [0.15, 0.2) is 12.1 Å². The van der Waals surface area contributed by atoms with Gasteiger partial charge < -0.3 is 4.57 Å². The van der Waals surface area contributed by atoms with Crippen molar-refractivity contribution >= 4 is 34.2 Å². The lowest BCUT2D eigenvalue weighted by atomic mass is 10.0.